The Morgan fingerprint density at radius 2 is 1.63 bits per heavy atom. The maximum atomic E-state index is 12.7. The van der Waals surface area contributed by atoms with Crippen molar-refractivity contribution in [2.24, 2.45) is 0 Å². The number of hydrogen-bond acceptors (Lipinski definition) is 6. The van der Waals surface area contributed by atoms with E-state index in [1.165, 1.54) is 4.31 Å². The largest absolute Gasteiger partial charge is 0.486 e. The molecule has 0 unspecified atom stereocenters. The van der Waals surface area contributed by atoms with Gasteiger partial charge in [-0.15, -0.1) is 0 Å². The van der Waals surface area contributed by atoms with Crippen molar-refractivity contribution < 1.29 is 27.4 Å². The van der Waals surface area contributed by atoms with Gasteiger partial charge >= 0.3 is 0 Å². The number of ether oxygens (including phenoxy) is 3. The number of carbonyl (C=O) groups is 1. The van der Waals surface area contributed by atoms with Crippen LogP contribution in [0.3, 0.4) is 0 Å². The molecule has 0 spiro atoms. The Labute approximate surface area is 175 Å². The average Bonchev–Trinajstić information content (AvgIpc) is 2.78. The Hall–Kier alpha value is -2.62. The molecule has 2 aromatic carbocycles. The number of amides is 1. The topological polar surface area (TPSA) is 94.2 Å². The third kappa shape index (κ3) is 4.75. The van der Waals surface area contributed by atoms with Gasteiger partial charge in [0.2, 0.25) is 15.9 Å². The number of fused-ring (bicyclic) bond motifs is 1. The van der Waals surface area contributed by atoms with Crippen LogP contribution in [0.15, 0.2) is 47.4 Å². The van der Waals surface area contributed by atoms with E-state index in [1.807, 2.05) is 0 Å². The van der Waals surface area contributed by atoms with Crippen molar-refractivity contribution in [3.05, 3.63) is 48.0 Å². The molecule has 2 aliphatic rings. The lowest BCUT2D eigenvalue weighted by Gasteiger charge is -2.26. The summed E-state index contributed by atoms with van der Waals surface area (Å²) >= 11 is 0. The molecule has 0 radical (unpaired) electrons. The standard InChI is InChI=1S/C21H24N2O6S/c24-21(22-17-4-7-19-20(15-17)29-14-13-28-19)8-3-16-1-5-18(6-2-16)30(25,26)23-9-11-27-12-10-23/h1-2,4-7,15H,3,8-14H2,(H,22,24). The molecule has 0 saturated carbocycles. The van der Waals surface area contributed by atoms with Crippen LogP contribution in [0, 0.1) is 0 Å². The van der Waals surface area contributed by atoms with Crippen molar-refractivity contribution in [1.82, 2.24) is 4.31 Å². The first-order valence-electron chi connectivity index (χ1n) is 9.89. The number of rotatable bonds is 6. The van der Waals surface area contributed by atoms with Gasteiger partial charge in [-0.05, 0) is 36.2 Å². The van der Waals surface area contributed by atoms with E-state index in [9.17, 15) is 13.2 Å². The number of nitrogens with zero attached hydrogens (tertiary/aromatic N) is 1. The van der Waals surface area contributed by atoms with Gasteiger partial charge in [0.1, 0.15) is 13.2 Å². The highest BCUT2D eigenvalue weighted by atomic mass is 32.2. The van der Waals surface area contributed by atoms with E-state index in [2.05, 4.69) is 5.32 Å². The Balaban J connectivity index is 1.32. The number of nitrogens with one attached hydrogen (secondary N) is 1. The molecule has 0 aromatic heterocycles. The van der Waals surface area contributed by atoms with Crippen molar-refractivity contribution in [1.29, 1.82) is 0 Å². The minimum Gasteiger partial charge on any atom is -0.486 e. The first kappa shape index (κ1) is 20.6. The minimum atomic E-state index is -3.51. The molecule has 0 aliphatic carbocycles. The fourth-order valence-corrected chi connectivity index (χ4v) is 4.77. The Kier molecular flexibility index (Phi) is 6.21. The van der Waals surface area contributed by atoms with Gasteiger partial charge in [-0.3, -0.25) is 4.79 Å². The summed E-state index contributed by atoms with van der Waals surface area (Å²) in [5.74, 6) is 1.17. The molecule has 0 atom stereocenters. The summed E-state index contributed by atoms with van der Waals surface area (Å²) in [6.07, 6.45) is 0.790. The van der Waals surface area contributed by atoms with E-state index >= 15 is 0 Å². The summed E-state index contributed by atoms with van der Waals surface area (Å²) < 4.78 is 43.0. The quantitative estimate of drug-likeness (QED) is 0.751. The number of hydrogen-bond donors (Lipinski definition) is 1. The molecule has 1 amide bonds. The normalized spacial score (nSPS) is 16.8. The van der Waals surface area contributed by atoms with Gasteiger partial charge in [0.25, 0.3) is 0 Å². The van der Waals surface area contributed by atoms with Crippen LogP contribution < -0.4 is 14.8 Å². The molecule has 0 bridgehead atoms. The monoisotopic (exact) mass is 432 g/mol. The van der Waals surface area contributed by atoms with Gasteiger partial charge in [-0.25, -0.2) is 8.42 Å². The summed E-state index contributed by atoms with van der Waals surface area (Å²) in [6.45, 7) is 2.56. The highest BCUT2D eigenvalue weighted by molar-refractivity contribution is 7.89. The van der Waals surface area contributed by atoms with Crippen molar-refractivity contribution in [2.75, 3.05) is 44.8 Å². The van der Waals surface area contributed by atoms with Gasteiger partial charge in [-0.1, -0.05) is 12.1 Å². The zero-order valence-electron chi connectivity index (χ0n) is 16.5. The van der Waals surface area contributed by atoms with E-state index < -0.39 is 10.0 Å². The van der Waals surface area contributed by atoms with Crippen LogP contribution in [-0.2, 0) is 26.0 Å². The fourth-order valence-electron chi connectivity index (χ4n) is 3.37. The molecular formula is C21H24N2O6S. The van der Waals surface area contributed by atoms with Crippen LogP contribution in [0.4, 0.5) is 5.69 Å². The number of aryl methyl sites for hydroxylation is 1. The van der Waals surface area contributed by atoms with E-state index in [-0.39, 0.29) is 17.2 Å². The third-order valence-electron chi connectivity index (χ3n) is 5.00. The Bertz CT molecular complexity index is 1000. The minimum absolute atomic E-state index is 0.128. The molecule has 2 heterocycles. The number of sulfonamides is 1. The molecule has 8 nitrogen and oxygen atoms in total. The zero-order valence-corrected chi connectivity index (χ0v) is 17.3. The van der Waals surface area contributed by atoms with Crippen LogP contribution in [-0.4, -0.2) is 58.1 Å². The number of benzene rings is 2. The molecule has 2 aromatic rings. The van der Waals surface area contributed by atoms with Gasteiger partial charge in [0.05, 0.1) is 18.1 Å². The van der Waals surface area contributed by atoms with Crippen LogP contribution in [0.1, 0.15) is 12.0 Å². The molecule has 1 N–H and O–H groups in total. The summed E-state index contributed by atoms with van der Waals surface area (Å²) in [6, 6.07) is 12.0. The third-order valence-corrected chi connectivity index (χ3v) is 6.91. The lowest BCUT2D eigenvalue weighted by Crippen LogP contribution is -2.40. The molecule has 160 valence electrons. The van der Waals surface area contributed by atoms with E-state index in [0.29, 0.717) is 63.1 Å². The second-order valence-electron chi connectivity index (χ2n) is 7.07. The second kappa shape index (κ2) is 9.03. The van der Waals surface area contributed by atoms with Crippen molar-refractivity contribution >= 4 is 21.6 Å². The maximum Gasteiger partial charge on any atom is 0.243 e. The van der Waals surface area contributed by atoms with Crippen molar-refractivity contribution in [3.8, 4) is 11.5 Å². The Morgan fingerprint density at radius 1 is 0.933 bits per heavy atom. The van der Waals surface area contributed by atoms with E-state index in [1.54, 1.807) is 42.5 Å². The SMILES string of the molecule is O=C(CCc1ccc(S(=O)(=O)N2CCOCC2)cc1)Nc1ccc2c(c1)OCCO2. The summed E-state index contributed by atoms with van der Waals surface area (Å²) in [5.41, 5.74) is 1.55. The van der Waals surface area contributed by atoms with Crippen LogP contribution in [0.5, 0.6) is 11.5 Å². The van der Waals surface area contributed by atoms with Gasteiger partial charge in [0, 0.05) is 31.3 Å². The number of morpholine rings is 1. The predicted molar refractivity (Wildman–Crippen MR) is 110 cm³/mol. The van der Waals surface area contributed by atoms with E-state index in [0.717, 1.165) is 5.56 Å². The Morgan fingerprint density at radius 3 is 2.37 bits per heavy atom. The van der Waals surface area contributed by atoms with Gasteiger partial charge < -0.3 is 19.5 Å². The molecular weight excluding hydrogens is 408 g/mol. The van der Waals surface area contributed by atoms with Crippen LogP contribution in [0.25, 0.3) is 0 Å². The highest BCUT2D eigenvalue weighted by Gasteiger charge is 2.26. The van der Waals surface area contributed by atoms with Gasteiger partial charge in [-0.2, -0.15) is 4.31 Å². The molecule has 4 rings (SSSR count). The van der Waals surface area contributed by atoms with Crippen molar-refractivity contribution in [2.45, 2.75) is 17.7 Å². The number of anilines is 1. The molecule has 1 saturated heterocycles. The smallest absolute Gasteiger partial charge is 0.243 e. The zero-order chi connectivity index (χ0) is 21.0. The van der Waals surface area contributed by atoms with Crippen molar-refractivity contribution in [3.63, 3.8) is 0 Å². The predicted octanol–water partition coefficient (Wildman–Crippen LogP) is 2.05. The molecule has 9 heteroatoms. The number of carbonyl (C=O) groups excluding carboxylic acids is 1. The van der Waals surface area contributed by atoms with Crippen LogP contribution in [0.2, 0.25) is 0 Å². The lowest BCUT2D eigenvalue weighted by molar-refractivity contribution is -0.116. The summed E-state index contributed by atoms with van der Waals surface area (Å²) in [7, 11) is -3.51. The van der Waals surface area contributed by atoms with E-state index in [4.69, 9.17) is 14.2 Å². The maximum absolute atomic E-state index is 12.7. The molecule has 2 aliphatic heterocycles. The van der Waals surface area contributed by atoms with Gasteiger partial charge in [0.15, 0.2) is 11.5 Å². The first-order chi connectivity index (χ1) is 14.5. The first-order valence-corrected chi connectivity index (χ1v) is 11.3. The average molecular weight is 432 g/mol. The fraction of sp³-hybridized carbons (Fsp3) is 0.381. The second-order valence-corrected chi connectivity index (χ2v) is 9.00. The van der Waals surface area contributed by atoms with Crippen LogP contribution >= 0.6 is 0 Å². The molecule has 30 heavy (non-hydrogen) atoms. The summed E-state index contributed by atoms with van der Waals surface area (Å²) in [5, 5.41) is 2.85. The molecule has 1 fully saturated rings. The summed E-state index contributed by atoms with van der Waals surface area (Å²) in [4.78, 5) is 12.5. The highest BCUT2D eigenvalue weighted by Crippen LogP contribution is 2.32. The lowest BCUT2D eigenvalue weighted by atomic mass is 10.1.